The van der Waals surface area contributed by atoms with Gasteiger partial charge in [0.05, 0.1) is 7.11 Å². The summed E-state index contributed by atoms with van der Waals surface area (Å²) in [4.78, 5) is 0. The third-order valence-electron chi connectivity index (χ3n) is 4.57. The van der Waals surface area contributed by atoms with Crippen molar-refractivity contribution >= 4 is 0 Å². The first-order valence-electron chi connectivity index (χ1n) is 7.10. The first kappa shape index (κ1) is 13.3. The molecule has 4 rings (SSSR count). The molecule has 0 amide bonds. The van der Waals surface area contributed by atoms with E-state index >= 15 is 0 Å². The van der Waals surface area contributed by atoms with Gasteiger partial charge in [0.2, 0.25) is 0 Å². The lowest BCUT2D eigenvalue weighted by Crippen LogP contribution is -2.43. The Morgan fingerprint density at radius 3 is 2.77 bits per heavy atom. The molecule has 114 valence electrons. The average molecular weight is 300 g/mol. The number of phenols is 2. The van der Waals surface area contributed by atoms with Gasteiger partial charge in [0.15, 0.2) is 11.5 Å². The fourth-order valence-corrected chi connectivity index (χ4v) is 3.61. The highest BCUT2D eigenvalue weighted by Gasteiger charge is 2.50. The Bertz CT molecular complexity index is 770. The van der Waals surface area contributed by atoms with E-state index in [2.05, 4.69) is 0 Å². The first-order chi connectivity index (χ1) is 10.5. The molecule has 2 aliphatic rings. The van der Waals surface area contributed by atoms with Crippen LogP contribution in [0.3, 0.4) is 0 Å². The molecule has 22 heavy (non-hydrogen) atoms. The highest BCUT2D eigenvalue weighted by Crippen LogP contribution is 2.53. The lowest BCUT2D eigenvalue weighted by molar-refractivity contribution is -0.0218. The summed E-state index contributed by atoms with van der Waals surface area (Å²) in [5.41, 5.74) is 1.57. The molecule has 5 nitrogen and oxygen atoms in total. The van der Waals surface area contributed by atoms with Gasteiger partial charge in [-0.2, -0.15) is 0 Å². The quantitative estimate of drug-likeness (QED) is 0.750. The van der Waals surface area contributed by atoms with Crippen LogP contribution in [0.5, 0.6) is 23.0 Å². The van der Waals surface area contributed by atoms with Crippen molar-refractivity contribution < 1.29 is 24.8 Å². The average Bonchev–Trinajstić information content (AvgIpc) is 2.78. The maximum absolute atomic E-state index is 11.0. The van der Waals surface area contributed by atoms with Gasteiger partial charge >= 0.3 is 0 Å². The van der Waals surface area contributed by atoms with Crippen molar-refractivity contribution in [2.75, 3.05) is 13.7 Å². The summed E-state index contributed by atoms with van der Waals surface area (Å²) in [6.45, 7) is 0.145. The standard InChI is InChI=1S/C17H16O5/c1-21-15-4-9-7-17(20)8-22-14-5-10(18)2-3-11(14)16(17)12(9)6-13(15)19/h2-6,16,18-20H,7-8H2,1H3/t16-,17+/m0/s1. The Kier molecular flexibility index (Phi) is 2.60. The van der Waals surface area contributed by atoms with Crippen molar-refractivity contribution in [2.24, 2.45) is 0 Å². The number of ether oxygens (including phenoxy) is 2. The molecule has 0 spiro atoms. The van der Waals surface area contributed by atoms with Gasteiger partial charge in [-0.1, -0.05) is 6.07 Å². The normalized spacial score (nSPS) is 24.9. The van der Waals surface area contributed by atoms with E-state index in [0.717, 1.165) is 16.7 Å². The van der Waals surface area contributed by atoms with Crippen molar-refractivity contribution in [1.82, 2.24) is 0 Å². The summed E-state index contributed by atoms with van der Waals surface area (Å²) in [5, 5.41) is 30.7. The third-order valence-corrected chi connectivity index (χ3v) is 4.57. The molecule has 0 fully saturated rings. The lowest BCUT2D eigenvalue weighted by Gasteiger charge is -2.36. The van der Waals surface area contributed by atoms with Crippen LogP contribution in [0.4, 0.5) is 0 Å². The van der Waals surface area contributed by atoms with E-state index in [9.17, 15) is 15.3 Å². The number of fused-ring (bicyclic) bond motifs is 5. The van der Waals surface area contributed by atoms with Gasteiger partial charge in [-0.25, -0.2) is 0 Å². The summed E-state index contributed by atoms with van der Waals surface area (Å²) in [6.07, 6.45) is 0.434. The number of hydrogen-bond acceptors (Lipinski definition) is 5. The molecule has 2 aromatic carbocycles. The smallest absolute Gasteiger partial charge is 0.160 e. The van der Waals surface area contributed by atoms with Crippen LogP contribution in [0.15, 0.2) is 30.3 Å². The molecule has 0 unspecified atom stereocenters. The van der Waals surface area contributed by atoms with Crippen LogP contribution in [0.1, 0.15) is 22.6 Å². The van der Waals surface area contributed by atoms with Gasteiger partial charge in [0.1, 0.15) is 23.7 Å². The second kappa shape index (κ2) is 4.30. The van der Waals surface area contributed by atoms with Gasteiger partial charge in [-0.15, -0.1) is 0 Å². The van der Waals surface area contributed by atoms with E-state index in [4.69, 9.17) is 9.47 Å². The Hall–Kier alpha value is -2.40. The molecule has 0 aromatic heterocycles. The van der Waals surface area contributed by atoms with E-state index in [1.54, 1.807) is 30.3 Å². The molecule has 0 saturated heterocycles. The SMILES string of the molecule is COc1cc2c(cc1O)[C@@H]1c3ccc(O)cc3OC[C@]1(O)C2. The molecule has 1 heterocycles. The predicted molar refractivity (Wildman–Crippen MR) is 78.8 cm³/mol. The van der Waals surface area contributed by atoms with Gasteiger partial charge < -0.3 is 24.8 Å². The highest BCUT2D eigenvalue weighted by molar-refractivity contribution is 5.58. The Morgan fingerprint density at radius 1 is 1.18 bits per heavy atom. The van der Waals surface area contributed by atoms with E-state index in [-0.39, 0.29) is 24.0 Å². The minimum absolute atomic E-state index is 0.0531. The van der Waals surface area contributed by atoms with Crippen molar-refractivity contribution in [3.05, 3.63) is 47.0 Å². The Labute approximate surface area is 127 Å². The summed E-state index contributed by atoms with van der Waals surface area (Å²) < 4.78 is 10.8. The molecule has 3 N–H and O–H groups in total. The van der Waals surface area contributed by atoms with Crippen LogP contribution < -0.4 is 9.47 Å². The molecule has 5 heteroatoms. The molecule has 2 atom stereocenters. The number of aromatic hydroxyl groups is 2. The van der Waals surface area contributed by atoms with Gasteiger partial charge in [0.25, 0.3) is 0 Å². The monoisotopic (exact) mass is 300 g/mol. The first-order valence-corrected chi connectivity index (χ1v) is 7.10. The molecule has 0 saturated carbocycles. The maximum Gasteiger partial charge on any atom is 0.160 e. The van der Waals surface area contributed by atoms with E-state index in [1.807, 2.05) is 0 Å². The van der Waals surface area contributed by atoms with Crippen LogP contribution in [-0.2, 0) is 6.42 Å². The van der Waals surface area contributed by atoms with E-state index < -0.39 is 5.60 Å². The second-order valence-corrected chi connectivity index (χ2v) is 5.95. The number of hydrogen-bond donors (Lipinski definition) is 3. The Balaban J connectivity index is 1.92. The fourth-order valence-electron chi connectivity index (χ4n) is 3.61. The molecule has 2 aromatic rings. The number of rotatable bonds is 1. The van der Waals surface area contributed by atoms with E-state index in [0.29, 0.717) is 17.9 Å². The summed E-state index contributed by atoms with van der Waals surface area (Å²) in [7, 11) is 1.50. The molecule has 0 bridgehead atoms. The zero-order valence-electron chi connectivity index (χ0n) is 12.0. The number of phenolic OH excluding ortho intramolecular Hbond substituents is 2. The zero-order chi connectivity index (χ0) is 15.5. The van der Waals surface area contributed by atoms with Crippen LogP contribution in [0.2, 0.25) is 0 Å². The number of methoxy groups -OCH3 is 1. The molecular formula is C17H16O5. The third kappa shape index (κ3) is 1.69. The zero-order valence-corrected chi connectivity index (χ0v) is 12.0. The molecular weight excluding hydrogens is 284 g/mol. The summed E-state index contributed by atoms with van der Waals surface area (Å²) >= 11 is 0. The maximum atomic E-state index is 11.0. The fraction of sp³-hybridized carbons (Fsp3) is 0.294. The van der Waals surface area contributed by atoms with Crippen molar-refractivity contribution in [1.29, 1.82) is 0 Å². The van der Waals surface area contributed by atoms with Crippen molar-refractivity contribution in [3.63, 3.8) is 0 Å². The minimum Gasteiger partial charge on any atom is -0.508 e. The van der Waals surface area contributed by atoms with Crippen LogP contribution >= 0.6 is 0 Å². The topological polar surface area (TPSA) is 79.2 Å². The number of benzene rings is 2. The van der Waals surface area contributed by atoms with Crippen LogP contribution in [0.25, 0.3) is 0 Å². The molecule has 0 radical (unpaired) electrons. The summed E-state index contributed by atoms with van der Waals surface area (Å²) in [5.74, 6) is 0.853. The van der Waals surface area contributed by atoms with Crippen molar-refractivity contribution in [2.45, 2.75) is 17.9 Å². The second-order valence-electron chi connectivity index (χ2n) is 5.95. The number of aliphatic hydroxyl groups is 1. The summed E-state index contributed by atoms with van der Waals surface area (Å²) in [6, 6.07) is 8.31. The van der Waals surface area contributed by atoms with Crippen molar-refractivity contribution in [3.8, 4) is 23.0 Å². The largest absolute Gasteiger partial charge is 0.508 e. The van der Waals surface area contributed by atoms with Gasteiger partial charge in [-0.3, -0.25) is 0 Å². The van der Waals surface area contributed by atoms with Gasteiger partial charge in [-0.05, 0) is 29.3 Å². The van der Waals surface area contributed by atoms with E-state index in [1.165, 1.54) is 7.11 Å². The Morgan fingerprint density at radius 2 is 2.00 bits per heavy atom. The van der Waals surface area contributed by atoms with Crippen LogP contribution in [0, 0.1) is 0 Å². The predicted octanol–water partition coefficient (Wildman–Crippen LogP) is 1.92. The van der Waals surface area contributed by atoms with Gasteiger partial charge in [0, 0.05) is 24.0 Å². The lowest BCUT2D eigenvalue weighted by atomic mass is 9.80. The van der Waals surface area contributed by atoms with Crippen LogP contribution in [-0.4, -0.2) is 34.6 Å². The molecule has 1 aliphatic heterocycles. The minimum atomic E-state index is -1.05. The highest BCUT2D eigenvalue weighted by atomic mass is 16.5. The molecule has 1 aliphatic carbocycles.